The summed E-state index contributed by atoms with van der Waals surface area (Å²) in [6.45, 7) is 0. The standard InChI is InChI=1S/C15H11/c1-2-8-14(9-3-1)10-4-5-11-15-12-6-7-13-15/h1-3,5-9,11-13H/b11-5+. The zero-order valence-electron chi connectivity index (χ0n) is 8.35. The van der Waals surface area contributed by atoms with Crippen molar-refractivity contribution in [2.24, 2.45) is 0 Å². The molecule has 0 N–H and O–H groups in total. The van der Waals surface area contributed by atoms with E-state index in [1.54, 1.807) is 0 Å². The van der Waals surface area contributed by atoms with Crippen LogP contribution >= 0.6 is 0 Å². The van der Waals surface area contributed by atoms with Crippen LogP contribution in [0.5, 0.6) is 0 Å². The molecule has 15 heavy (non-hydrogen) atoms. The summed E-state index contributed by atoms with van der Waals surface area (Å²) in [6.07, 6.45) is 12.0. The molecule has 1 aromatic rings. The highest BCUT2D eigenvalue weighted by molar-refractivity contribution is 5.44. The lowest BCUT2D eigenvalue weighted by molar-refractivity contribution is 1.38. The minimum atomic E-state index is 1.05. The van der Waals surface area contributed by atoms with Crippen LogP contribution in [-0.4, -0.2) is 0 Å². The van der Waals surface area contributed by atoms with E-state index >= 15 is 0 Å². The smallest absolute Gasteiger partial charge is 0.0248 e. The van der Waals surface area contributed by atoms with E-state index in [0.29, 0.717) is 0 Å². The summed E-state index contributed by atoms with van der Waals surface area (Å²) in [5.74, 6) is 7.27. The Morgan fingerprint density at radius 1 is 0.933 bits per heavy atom. The first-order valence-corrected chi connectivity index (χ1v) is 4.90. The molecule has 0 nitrogen and oxygen atoms in total. The fourth-order valence-corrected chi connectivity index (χ4v) is 1.28. The lowest BCUT2D eigenvalue weighted by Crippen LogP contribution is -1.82. The zero-order valence-corrected chi connectivity index (χ0v) is 8.35. The van der Waals surface area contributed by atoms with Gasteiger partial charge in [0.2, 0.25) is 0 Å². The van der Waals surface area contributed by atoms with E-state index in [0.717, 1.165) is 5.56 Å². The lowest BCUT2D eigenvalue weighted by atomic mass is 10.1. The van der Waals surface area contributed by atoms with Crippen LogP contribution in [0.4, 0.5) is 0 Å². The van der Waals surface area contributed by atoms with Gasteiger partial charge in [0.25, 0.3) is 0 Å². The summed E-state index contributed by atoms with van der Waals surface area (Å²) in [5.41, 5.74) is 1.05. The molecule has 1 fully saturated rings. The average Bonchev–Trinajstić information content (AvgIpc) is 2.79. The van der Waals surface area contributed by atoms with Crippen LogP contribution in [0.2, 0.25) is 0 Å². The maximum absolute atomic E-state index is 3.07. The van der Waals surface area contributed by atoms with Gasteiger partial charge in [0.05, 0.1) is 0 Å². The van der Waals surface area contributed by atoms with Crippen LogP contribution in [0.3, 0.4) is 0 Å². The van der Waals surface area contributed by atoms with Crippen molar-refractivity contribution in [2.45, 2.75) is 0 Å². The first-order valence-electron chi connectivity index (χ1n) is 4.90. The topological polar surface area (TPSA) is 0 Å². The molecule has 1 aromatic carbocycles. The van der Waals surface area contributed by atoms with E-state index in [4.69, 9.17) is 0 Å². The van der Waals surface area contributed by atoms with Crippen LogP contribution in [-0.2, 0) is 0 Å². The Bertz CT molecular complexity index is 369. The normalized spacial score (nSPS) is 16.5. The second-order valence-electron chi connectivity index (χ2n) is 3.19. The van der Waals surface area contributed by atoms with E-state index in [1.807, 2.05) is 55.3 Å². The molecule has 0 amide bonds. The van der Waals surface area contributed by atoms with Crippen molar-refractivity contribution in [1.82, 2.24) is 0 Å². The second kappa shape index (κ2) is 5.41. The quantitative estimate of drug-likeness (QED) is 0.599. The third-order valence-electron chi connectivity index (χ3n) is 2.04. The fourth-order valence-electron chi connectivity index (χ4n) is 1.28. The third kappa shape index (κ3) is 3.29. The van der Waals surface area contributed by atoms with Crippen LogP contribution in [0.15, 0.2) is 42.5 Å². The highest BCUT2D eigenvalue weighted by Gasteiger charge is 2.12. The summed E-state index contributed by atoms with van der Waals surface area (Å²) in [5, 5.41) is 0. The van der Waals surface area contributed by atoms with Gasteiger partial charge in [0.15, 0.2) is 0 Å². The van der Waals surface area contributed by atoms with Crippen molar-refractivity contribution in [3.63, 3.8) is 0 Å². The van der Waals surface area contributed by atoms with E-state index in [-0.39, 0.29) is 0 Å². The van der Waals surface area contributed by atoms with Gasteiger partial charge in [-0.15, -0.1) is 0 Å². The van der Waals surface area contributed by atoms with Crippen LogP contribution < -0.4 is 0 Å². The van der Waals surface area contributed by atoms with Gasteiger partial charge < -0.3 is 0 Å². The molecular weight excluding hydrogens is 180 g/mol. The Morgan fingerprint density at radius 3 is 2.40 bits per heavy atom. The van der Waals surface area contributed by atoms with E-state index in [9.17, 15) is 0 Å². The molecule has 0 aromatic heterocycles. The summed E-state index contributed by atoms with van der Waals surface area (Å²) < 4.78 is 0. The highest BCUT2D eigenvalue weighted by Crippen LogP contribution is 2.23. The maximum atomic E-state index is 3.07. The number of allylic oxidation sites excluding steroid dienone is 2. The second-order valence-corrected chi connectivity index (χ2v) is 3.19. The number of rotatable bonds is 1. The van der Waals surface area contributed by atoms with Gasteiger partial charge in [0.1, 0.15) is 0 Å². The lowest BCUT2D eigenvalue weighted by Gasteiger charge is -1.94. The van der Waals surface area contributed by atoms with Gasteiger partial charge in [-0.25, -0.2) is 0 Å². The molecule has 1 saturated carbocycles. The number of hydrogen-bond donors (Lipinski definition) is 0. The van der Waals surface area contributed by atoms with Gasteiger partial charge >= 0.3 is 0 Å². The molecule has 0 bridgehead atoms. The van der Waals surface area contributed by atoms with E-state index < -0.39 is 0 Å². The molecule has 1 aliphatic carbocycles. The Hall–Kier alpha value is -1.48. The minimum absolute atomic E-state index is 1.05. The van der Waals surface area contributed by atoms with Crippen molar-refractivity contribution in [3.8, 4) is 11.8 Å². The third-order valence-corrected chi connectivity index (χ3v) is 2.04. The van der Waals surface area contributed by atoms with Crippen LogP contribution in [0.1, 0.15) is 5.56 Å². The van der Waals surface area contributed by atoms with Gasteiger partial charge in [-0.2, -0.15) is 0 Å². The van der Waals surface area contributed by atoms with Crippen LogP contribution in [0.25, 0.3) is 0 Å². The van der Waals surface area contributed by atoms with Gasteiger partial charge in [0, 0.05) is 11.5 Å². The molecule has 1 aliphatic rings. The molecule has 0 heterocycles. The predicted octanol–water partition coefficient (Wildman–Crippen LogP) is 3.00. The largest absolute Gasteiger partial charge is 0.0699 e. The Morgan fingerprint density at radius 2 is 1.67 bits per heavy atom. The van der Waals surface area contributed by atoms with Crippen LogP contribution in [0, 0.1) is 43.4 Å². The SMILES string of the molecule is C(#Cc1ccccc1)/C=C/[C]1[CH][CH][CH][CH]1. The van der Waals surface area contributed by atoms with Crippen molar-refractivity contribution in [2.75, 3.05) is 0 Å². The summed E-state index contributed by atoms with van der Waals surface area (Å²) in [7, 11) is 0. The Kier molecular flexibility index (Phi) is 3.63. The maximum Gasteiger partial charge on any atom is 0.0248 e. The predicted molar refractivity (Wildman–Crippen MR) is 62.9 cm³/mol. The molecule has 0 aliphatic heterocycles. The van der Waals surface area contributed by atoms with Gasteiger partial charge in [-0.05, 0) is 43.9 Å². The van der Waals surface area contributed by atoms with Gasteiger partial charge in [-0.3, -0.25) is 0 Å². The molecule has 0 saturated heterocycles. The van der Waals surface area contributed by atoms with Crippen molar-refractivity contribution in [1.29, 1.82) is 0 Å². The minimum Gasteiger partial charge on any atom is -0.0699 e. The van der Waals surface area contributed by atoms with Gasteiger partial charge in [-0.1, -0.05) is 36.1 Å². The Labute approximate surface area is 92.0 Å². The zero-order chi connectivity index (χ0) is 10.3. The first kappa shape index (κ1) is 10.1. The first-order chi connectivity index (χ1) is 7.45. The number of hydrogen-bond acceptors (Lipinski definition) is 0. The summed E-state index contributed by atoms with van der Waals surface area (Å²) in [6, 6.07) is 9.98. The molecular formula is C15H11. The van der Waals surface area contributed by atoms with Crippen molar-refractivity contribution >= 4 is 0 Å². The molecule has 0 heteroatoms. The fraction of sp³-hybridized carbons (Fsp3) is 0. The van der Waals surface area contributed by atoms with E-state index in [2.05, 4.69) is 24.7 Å². The highest BCUT2D eigenvalue weighted by atomic mass is 14.2. The Balaban J connectivity index is 1.89. The van der Waals surface area contributed by atoms with Crippen molar-refractivity contribution < 1.29 is 0 Å². The summed E-state index contributed by atoms with van der Waals surface area (Å²) in [4.78, 5) is 0. The number of benzene rings is 1. The average molecular weight is 191 g/mol. The monoisotopic (exact) mass is 191 g/mol. The molecule has 71 valence electrons. The molecule has 0 atom stereocenters. The van der Waals surface area contributed by atoms with Crippen molar-refractivity contribution in [3.05, 3.63) is 79.6 Å². The molecule has 2 rings (SSSR count). The van der Waals surface area contributed by atoms with E-state index in [1.165, 1.54) is 5.92 Å². The summed E-state index contributed by atoms with van der Waals surface area (Å²) >= 11 is 0. The molecule has 5 radical (unpaired) electrons. The molecule has 0 spiro atoms. The molecule has 0 unspecified atom stereocenters.